The van der Waals surface area contributed by atoms with Crippen LogP contribution in [0.4, 0.5) is 0 Å². The van der Waals surface area contributed by atoms with E-state index >= 15 is 0 Å². The molecule has 2 rings (SSSR count). The maximum Gasteiger partial charge on any atom is 0.269 e. The molecule has 0 aromatic rings. The number of aliphatic hydroxyl groups excluding tert-OH is 1. The maximum atomic E-state index is 12.1. The van der Waals surface area contributed by atoms with Gasteiger partial charge in [-0.15, -0.1) is 0 Å². The van der Waals surface area contributed by atoms with Crippen molar-refractivity contribution in [3.8, 4) is 0 Å². The Morgan fingerprint density at radius 1 is 1.61 bits per heavy atom. The average molecular weight is 453 g/mol. The first-order valence-corrected chi connectivity index (χ1v) is 8.77. The third-order valence-corrected chi connectivity index (χ3v) is 5.04. The Hall–Kier alpha value is -0.900. The van der Waals surface area contributed by atoms with Gasteiger partial charge >= 0.3 is 0 Å². The number of nitrogens with zero attached hydrogens (tertiary/aromatic N) is 1. The highest BCUT2D eigenvalue weighted by Gasteiger charge is 2.50. The molecule has 0 fully saturated rings. The van der Waals surface area contributed by atoms with E-state index < -0.39 is 11.7 Å². The predicted octanol–water partition coefficient (Wildman–Crippen LogP) is 1.26. The molecule has 1 spiro atoms. The molecule has 0 bridgehead atoms. The second-order valence-corrected chi connectivity index (χ2v) is 7.00. The lowest BCUT2D eigenvalue weighted by molar-refractivity contribution is -0.114. The Morgan fingerprint density at radius 3 is 3.00 bits per heavy atom. The largest absolute Gasteiger partial charge is 0.495 e. The first kappa shape index (κ1) is 18.4. The van der Waals surface area contributed by atoms with Crippen molar-refractivity contribution in [3.63, 3.8) is 0 Å². The number of hydrogen-bond donors (Lipinski definition) is 3. The molecular weight excluding hydrogens is 434 g/mol. The van der Waals surface area contributed by atoms with Crippen LogP contribution in [0.5, 0.6) is 0 Å². The van der Waals surface area contributed by atoms with Crippen molar-refractivity contribution in [1.29, 1.82) is 0 Å². The van der Waals surface area contributed by atoms with Crippen LogP contribution in [0.3, 0.4) is 0 Å². The molecule has 1 amide bonds. The standard InChI is InChI=1S/C14H19Br2N3O4/c1-22-11-8(15)6-14(12(20)10(11)16)7-9(19-23-14)13(21)18-5-3-2-4-17/h6,12,20H,2-5,7,17H2,1H3,(H,18,21)/t12-,14+/m0/s1. The molecule has 0 radical (unpaired) electrons. The molecule has 1 aliphatic carbocycles. The van der Waals surface area contributed by atoms with Gasteiger partial charge in [-0.05, 0) is 57.3 Å². The zero-order chi connectivity index (χ0) is 17.0. The molecule has 7 nitrogen and oxygen atoms in total. The molecule has 0 saturated heterocycles. The number of aliphatic hydroxyl groups is 1. The SMILES string of the molecule is COC1=C(Br)[C@H](O)[C@@]2(C=C1Br)CC(C(=O)NCCCCN)=NO2. The highest BCUT2D eigenvalue weighted by Crippen LogP contribution is 2.43. The first-order chi connectivity index (χ1) is 10.9. The number of carbonyl (C=O) groups excluding carboxylic acids is 1. The summed E-state index contributed by atoms with van der Waals surface area (Å²) in [5.74, 6) is 0.180. The minimum atomic E-state index is -1.12. The number of ether oxygens (including phenoxy) is 1. The van der Waals surface area contributed by atoms with E-state index in [9.17, 15) is 9.90 Å². The van der Waals surface area contributed by atoms with Crippen molar-refractivity contribution >= 4 is 43.5 Å². The normalized spacial score (nSPS) is 26.7. The lowest BCUT2D eigenvalue weighted by atomic mass is 9.87. The summed E-state index contributed by atoms with van der Waals surface area (Å²) in [6.07, 6.45) is 2.46. The molecule has 2 aliphatic rings. The van der Waals surface area contributed by atoms with Crippen molar-refractivity contribution in [2.24, 2.45) is 10.9 Å². The number of hydrogen-bond acceptors (Lipinski definition) is 6. The van der Waals surface area contributed by atoms with E-state index in [0.717, 1.165) is 12.8 Å². The summed E-state index contributed by atoms with van der Waals surface area (Å²) in [5, 5.41) is 17.1. The van der Waals surface area contributed by atoms with E-state index in [0.29, 0.717) is 27.8 Å². The summed E-state index contributed by atoms with van der Waals surface area (Å²) in [6.45, 7) is 1.12. The van der Waals surface area contributed by atoms with Crippen molar-refractivity contribution in [2.75, 3.05) is 20.2 Å². The third-order valence-electron chi connectivity index (χ3n) is 3.66. The van der Waals surface area contributed by atoms with Crippen LogP contribution in [-0.2, 0) is 14.4 Å². The van der Waals surface area contributed by atoms with Gasteiger partial charge in [0, 0.05) is 13.0 Å². The van der Waals surface area contributed by atoms with Gasteiger partial charge in [0.15, 0.2) is 5.60 Å². The smallest absolute Gasteiger partial charge is 0.269 e. The number of oxime groups is 1. The van der Waals surface area contributed by atoms with Gasteiger partial charge < -0.3 is 25.7 Å². The second-order valence-electron chi connectivity index (χ2n) is 5.29. The Bertz CT molecular complexity index is 576. The first-order valence-electron chi connectivity index (χ1n) is 7.19. The minimum Gasteiger partial charge on any atom is -0.495 e. The molecule has 2 atom stereocenters. The number of methoxy groups -OCH3 is 1. The molecule has 0 aromatic heterocycles. The third kappa shape index (κ3) is 3.78. The average Bonchev–Trinajstić information content (AvgIpc) is 2.95. The fourth-order valence-electron chi connectivity index (χ4n) is 2.39. The molecule has 23 heavy (non-hydrogen) atoms. The van der Waals surface area contributed by atoms with E-state index in [-0.39, 0.29) is 18.0 Å². The van der Waals surface area contributed by atoms with Gasteiger partial charge in [-0.25, -0.2) is 0 Å². The summed E-state index contributed by atoms with van der Waals surface area (Å²) >= 11 is 6.69. The lowest BCUT2D eigenvalue weighted by Crippen LogP contribution is -2.45. The molecule has 0 unspecified atom stereocenters. The van der Waals surface area contributed by atoms with Crippen LogP contribution in [0.15, 0.2) is 26.0 Å². The van der Waals surface area contributed by atoms with Gasteiger partial charge in [-0.2, -0.15) is 0 Å². The summed E-state index contributed by atoms with van der Waals surface area (Å²) in [7, 11) is 1.50. The quantitative estimate of drug-likeness (QED) is 0.526. The Kier molecular flexibility index (Phi) is 6.24. The van der Waals surface area contributed by atoms with Crippen LogP contribution in [0, 0.1) is 0 Å². The van der Waals surface area contributed by atoms with Crippen LogP contribution in [0.1, 0.15) is 19.3 Å². The molecule has 1 aliphatic heterocycles. The van der Waals surface area contributed by atoms with E-state index in [2.05, 4.69) is 42.3 Å². The van der Waals surface area contributed by atoms with Gasteiger partial charge in [0.1, 0.15) is 17.6 Å². The number of rotatable bonds is 6. The summed E-state index contributed by atoms with van der Waals surface area (Å²) in [5.41, 5.74) is 4.53. The molecule has 0 saturated carbocycles. The van der Waals surface area contributed by atoms with E-state index in [4.69, 9.17) is 15.3 Å². The van der Waals surface area contributed by atoms with Gasteiger partial charge in [-0.1, -0.05) is 5.16 Å². The number of allylic oxidation sites excluding steroid dienone is 1. The lowest BCUT2D eigenvalue weighted by Gasteiger charge is -2.33. The number of nitrogens with one attached hydrogen (secondary N) is 1. The Balaban J connectivity index is 2.03. The fourth-order valence-corrected chi connectivity index (χ4v) is 4.18. The molecule has 9 heteroatoms. The predicted molar refractivity (Wildman–Crippen MR) is 93.1 cm³/mol. The maximum absolute atomic E-state index is 12.1. The molecule has 1 heterocycles. The Morgan fingerprint density at radius 2 is 2.35 bits per heavy atom. The Labute approximate surface area is 151 Å². The number of amides is 1. The van der Waals surface area contributed by atoms with Crippen molar-refractivity contribution in [1.82, 2.24) is 5.32 Å². The van der Waals surface area contributed by atoms with E-state index in [1.165, 1.54) is 7.11 Å². The monoisotopic (exact) mass is 451 g/mol. The minimum absolute atomic E-state index is 0.165. The zero-order valence-electron chi connectivity index (χ0n) is 12.6. The van der Waals surface area contributed by atoms with Gasteiger partial charge in [0.05, 0.1) is 16.1 Å². The zero-order valence-corrected chi connectivity index (χ0v) is 15.8. The number of nitrogens with two attached hydrogens (primary N) is 1. The van der Waals surface area contributed by atoms with Gasteiger partial charge in [0.2, 0.25) is 0 Å². The van der Waals surface area contributed by atoms with Gasteiger partial charge in [0.25, 0.3) is 5.91 Å². The fraction of sp³-hybridized carbons (Fsp3) is 0.571. The molecule has 0 aromatic carbocycles. The highest BCUT2D eigenvalue weighted by atomic mass is 79.9. The van der Waals surface area contributed by atoms with Gasteiger partial charge in [-0.3, -0.25) is 4.79 Å². The second kappa shape index (κ2) is 7.78. The number of carbonyl (C=O) groups is 1. The van der Waals surface area contributed by atoms with Crippen LogP contribution in [0.25, 0.3) is 0 Å². The van der Waals surface area contributed by atoms with Crippen molar-refractivity contribution in [3.05, 3.63) is 20.8 Å². The number of halogens is 2. The topological polar surface area (TPSA) is 106 Å². The van der Waals surface area contributed by atoms with Crippen LogP contribution < -0.4 is 11.1 Å². The summed E-state index contributed by atoms with van der Waals surface area (Å²) in [4.78, 5) is 17.5. The highest BCUT2D eigenvalue weighted by molar-refractivity contribution is 9.12. The number of unbranched alkanes of at least 4 members (excludes halogenated alkanes) is 1. The van der Waals surface area contributed by atoms with Crippen molar-refractivity contribution < 1.29 is 19.5 Å². The summed E-state index contributed by atoms with van der Waals surface area (Å²) in [6, 6.07) is 0. The molecule has 4 N–H and O–H groups in total. The van der Waals surface area contributed by atoms with Crippen LogP contribution >= 0.6 is 31.9 Å². The van der Waals surface area contributed by atoms with E-state index in [1.807, 2.05) is 0 Å². The van der Waals surface area contributed by atoms with Crippen LogP contribution in [0.2, 0.25) is 0 Å². The van der Waals surface area contributed by atoms with Crippen molar-refractivity contribution in [2.45, 2.75) is 31.0 Å². The van der Waals surface area contributed by atoms with E-state index in [1.54, 1.807) is 6.08 Å². The molecule has 128 valence electrons. The summed E-state index contributed by atoms with van der Waals surface area (Å²) < 4.78 is 6.28. The molecular formula is C14H19Br2N3O4. The van der Waals surface area contributed by atoms with Crippen LogP contribution in [-0.4, -0.2) is 48.6 Å².